The summed E-state index contributed by atoms with van der Waals surface area (Å²) in [5, 5.41) is 2.21. The molecule has 120 valence electrons. The highest BCUT2D eigenvalue weighted by Crippen LogP contribution is 2.41. The Morgan fingerprint density at radius 3 is 2.36 bits per heavy atom. The van der Waals surface area contributed by atoms with Crippen molar-refractivity contribution in [2.45, 2.75) is 20.3 Å². The molecule has 1 aliphatic rings. The summed E-state index contributed by atoms with van der Waals surface area (Å²) in [4.78, 5) is 25.7. The number of carbonyl (C=O) groups excluding carboxylic acids is 2. The molecule has 1 N–H and O–H groups in total. The predicted molar refractivity (Wildman–Crippen MR) is 74.5 cm³/mol. The van der Waals surface area contributed by atoms with Gasteiger partial charge in [-0.15, -0.1) is 0 Å². The van der Waals surface area contributed by atoms with Crippen LogP contribution in [0.3, 0.4) is 0 Å². The molecule has 0 radical (unpaired) electrons. The van der Waals surface area contributed by atoms with Crippen LogP contribution in [-0.4, -0.2) is 29.8 Å². The summed E-state index contributed by atoms with van der Waals surface area (Å²) in [6, 6.07) is 1.69. The summed E-state index contributed by atoms with van der Waals surface area (Å²) in [6.45, 7) is 4.79. The highest BCUT2D eigenvalue weighted by Gasteiger charge is 2.49. The normalized spacial score (nSPS) is 19.7. The molecule has 1 fully saturated rings. The molecule has 0 heterocycles. The highest BCUT2D eigenvalue weighted by molar-refractivity contribution is 5.99. The lowest BCUT2D eigenvalue weighted by molar-refractivity contribution is -0.133. The van der Waals surface area contributed by atoms with Crippen molar-refractivity contribution in [3.8, 4) is 0 Å². The molecule has 0 spiro atoms. The zero-order valence-electron chi connectivity index (χ0n) is 12.3. The van der Waals surface area contributed by atoms with Gasteiger partial charge >= 0.3 is 0 Å². The van der Waals surface area contributed by atoms with Gasteiger partial charge in [-0.05, 0) is 32.4 Å². The zero-order valence-corrected chi connectivity index (χ0v) is 12.3. The third-order valence-corrected chi connectivity index (χ3v) is 3.81. The lowest BCUT2D eigenvalue weighted by Crippen LogP contribution is -2.33. The van der Waals surface area contributed by atoms with Gasteiger partial charge in [0.15, 0.2) is 17.5 Å². The van der Waals surface area contributed by atoms with Gasteiger partial charge in [-0.25, -0.2) is 13.2 Å². The van der Waals surface area contributed by atoms with Crippen molar-refractivity contribution in [3.05, 3.63) is 29.6 Å². The highest BCUT2D eigenvalue weighted by atomic mass is 19.2. The molecule has 0 aliphatic heterocycles. The first-order valence-corrected chi connectivity index (χ1v) is 7.13. The van der Waals surface area contributed by atoms with Gasteiger partial charge in [0.05, 0.1) is 17.5 Å². The fraction of sp³-hybridized carbons (Fsp3) is 0.467. The maximum atomic E-state index is 13.5. The molecule has 1 aromatic carbocycles. The number of amides is 2. The van der Waals surface area contributed by atoms with Crippen LogP contribution in [0.4, 0.5) is 18.9 Å². The van der Waals surface area contributed by atoms with Crippen LogP contribution < -0.4 is 5.32 Å². The van der Waals surface area contributed by atoms with Crippen molar-refractivity contribution in [3.63, 3.8) is 0 Å². The molecular formula is C15H17F3N2O2. The SMILES string of the molecule is CCN(CC)C(=O)C1CC1C(=O)Nc1ccc(F)c(F)c1F. The van der Waals surface area contributed by atoms with Crippen molar-refractivity contribution >= 4 is 17.5 Å². The van der Waals surface area contributed by atoms with Crippen LogP contribution in [0.2, 0.25) is 0 Å². The smallest absolute Gasteiger partial charge is 0.228 e. The maximum absolute atomic E-state index is 13.5. The van der Waals surface area contributed by atoms with E-state index in [1.807, 2.05) is 13.8 Å². The van der Waals surface area contributed by atoms with Gasteiger partial charge in [0, 0.05) is 13.1 Å². The molecular weight excluding hydrogens is 297 g/mol. The summed E-state index contributed by atoms with van der Waals surface area (Å²) in [6.07, 6.45) is 0.381. The number of nitrogens with one attached hydrogen (secondary N) is 1. The number of nitrogens with zero attached hydrogens (tertiary/aromatic N) is 1. The summed E-state index contributed by atoms with van der Waals surface area (Å²) in [5.41, 5.74) is -0.426. The van der Waals surface area contributed by atoms with E-state index in [0.717, 1.165) is 12.1 Å². The zero-order chi connectivity index (χ0) is 16.4. The number of benzene rings is 1. The fourth-order valence-corrected chi connectivity index (χ4v) is 2.38. The van der Waals surface area contributed by atoms with Gasteiger partial charge in [-0.1, -0.05) is 0 Å². The van der Waals surface area contributed by atoms with E-state index in [0.29, 0.717) is 19.5 Å². The van der Waals surface area contributed by atoms with E-state index in [9.17, 15) is 22.8 Å². The van der Waals surface area contributed by atoms with E-state index < -0.39 is 40.9 Å². The van der Waals surface area contributed by atoms with Gasteiger partial charge < -0.3 is 10.2 Å². The number of anilines is 1. The molecule has 1 aromatic rings. The molecule has 1 aliphatic carbocycles. The molecule has 2 rings (SSSR count). The number of rotatable bonds is 5. The van der Waals surface area contributed by atoms with Crippen molar-refractivity contribution in [1.82, 2.24) is 4.90 Å². The van der Waals surface area contributed by atoms with E-state index >= 15 is 0 Å². The Morgan fingerprint density at radius 1 is 1.14 bits per heavy atom. The molecule has 0 bridgehead atoms. The molecule has 4 nitrogen and oxygen atoms in total. The van der Waals surface area contributed by atoms with Crippen molar-refractivity contribution < 1.29 is 22.8 Å². The average molecular weight is 314 g/mol. The van der Waals surface area contributed by atoms with E-state index in [2.05, 4.69) is 5.32 Å². The van der Waals surface area contributed by atoms with Crippen LogP contribution in [0.25, 0.3) is 0 Å². The van der Waals surface area contributed by atoms with Crippen LogP contribution in [0.1, 0.15) is 20.3 Å². The Labute approximate surface area is 126 Å². The topological polar surface area (TPSA) is 49.4 Å². The molecule has 2 amide bonds. The van der Waals surface area contributed by atoms with Gasteiger partial charge in [-0.2, -0.15) is 0 Å². The Balaban J connectivity index is 2.01. The van der Waals surface area contributed by atoms with Crippen LogP contribution in [0, 0.1) is 29.3 Å². The first kappa shape index (κ1) is 16.3. The molecule has 2 unspecified atom stereocenters. The number of hydrogen-bond donors (Lipinski definition) is 1. The summed E-state index contributed by atoms with van der Waals surface area (Å²) < 4.78 is 39.4. The molecule has 22 heavy (non-hydrogen) atoms. The quantitative estimate of drug-likeness (QED) is 0.849. The lowest BCUT2D eigenvalue weighted by atomic mass is 10.2. The second-order valence-corrected chi connectivity index (χ2v) is 5.17. The third kappa shape index (κ3) is 3.08. The first-order chi connectivity index (χ1) is 10.4. The Hall–Kier alpha value is -2.05. The minimum absolute atomic E-state index is 0.115. The molecule has 0 saturated heterocycles. The summed E-state index contributed by atoms with van der Waals surface area (Å²) >= 11 is 0. The molecule has 2 atom stereocenters. The largest absolute Gasteiger partial charge is 0.343 e. The Morgan fingerprint density at radius 2 is 1.77 bits per heavy atom. The second kappa shape index (κ2) is 6.37. The van der Waals surface area contributed by atoms with E-state index in [4.69, 9.17) is 0 Å². The summed E-state index contributed by atoms with van der Waals surface area (Å²) in [5.74, 6) is -6.05. The van der Waals surface area contributed by atoms with Gasteiger partial charge in [-0.3, -0.25) is 9.59 Å². The van der Waals surface area contributed by atoms with Crippen molar-refractivity contribution in [1.29, 1.82) is 0 Å². The van der Waals surface area contributed by atoms with Gasteiger partial charge in [0.2, 0.25) is 11.8 Å². The minimum Gasteiger partial charge on any atom is -0.343 e. The van der Waals surface area contributed by atoms with Gasteiger partial charge in [0.1, 0.15) is 0 Å². The molecule has 1 saturated carbocycles. The average Bonchev–Trinajstić information content (AvgIpc) is 3.29. The van der Waals surface area contributed by atoms with Crippen LogP contribution in [-0.2, 0) is 9.59 Å². The van der Waals surface area contributed by atoms with E-state index in [1.165, 1.54) is 0 Å². The van der Waals surface area contributed by atoms with Crippen molar-refractivity contribution in [2.75, 3.05) is 18.4 Å². The predicted octanol–water partition coefficient (Wildman–Crippen LogP) is 2.55. The summed E-state index contributed by atoms with van der Waals surface area (Å²) in [7, 11) is 0. The van der Waals surface area contributed by atoms with E-state index in [-0.39, 0.29) is 5.91 Å². The number of carbonyl (C=O) groups is 2. The monoisotopic (exact) mass is 314 g/mol. The van der Waals surface area contributed by atoms with Crippen molar-refractivity contribution in [2.24, 2.45) is 11.8 Å². The Bertz CT molecular complexity index is 603. The molecule has 7 heteroatoms. The number of halogens is 3. The lowest BCUT2D eigenvalue weighted by Gasteiger charge is -2.18. The first-order valence-electron chi connectivity index (χ1n) is 7.13. The fourth-order valence-electron chi connectivity index (χ4n) is 2.38. The third-order valence-electron chi connectivity index (χ3n) is 3.81. The Kier molecular flexibility index (Phi) is 4.73. The standard InChI is InChI=1S/C15H17F3N2O2/c1-3-20(4-2)15(22)9-7-8(9)14(21)19-11-6-5-10(16)12(17)13(11)18/h5-6,8-9H,3-4,7H2,1-2H3,(H,19,21). The minimum atomic E-state index is -1.63. The van der Waals surface area contributed by atoms with Crippen LogP contribution in [0.15, 0.2) is 12.1 Å². The maximum Gasteiger partial charge on any atom is 0.228 e. The number of hydrogen-bond acceptors (Lipinski definition) is 2. The van der Waals surface area contributed by atoms with Crippen LogP contribution in [0.5, 0.6) is 0 Å². The van der Waals surface area contributed by atoms with E-state index in [1.54, 1.807) is 4.90 Å². The van der Waals surface area contributed by atoms with Gasteiger partial charge in [0.25, 0.3) is 0 Å². The molecule has 0 aromatic heterocycles. The second-order valence-electron chi connectivity index (χ2n) is 5.17. The van der Waals surface area contributed by atoms with Crippen LogP contribution >= 0.6 is 0 Å².